The van der Waals surface area contributed by atoms with Gasteiger partial charge in [0.1, 0.15) is 11.5 Å². The van der Waals surface area contributed by atoms with Crippen LogP contribution in [0.15, 0.2) is 134 Å². The Bertz CT molecular complexity index is 4560. The molecule has 37 heteroatoms. The molecule has 4 aromatic heterocycles. The monoisotopic (exact) mass is 1690 g/mol. The molecule has 6 aliphatic carbocycles. The molecule has 1 saturated carbocycles. The van der Waals surface area contributed by atoms with Gasteiger partial charge in [0.2, 0.25) is 0 Å². The highest BCUT2D eigenvalue weighted by molar-refractivity contribution is 7.87. The third-order valence-corrected chi connectivity index (χ3v) is 26.0. The van der Waals surface area contributed by atoms with E-state index in [9.17, 15) is 86.0 Å². The van der Waals surface area contributed by atoms with Gasteiger partial charge >= 0.3 is 67.7 Å². The Morgan fingerprint density at radius 1 is 0.429 bits per heavy atom. The Balaban J connectivity index is 0.000000148. The van der Waals surface area contributed by atoms with Crippen molar-refractivity contribution >= 4 is 62.9 Å². The van der Waals surface area contributed by atoms with Crippen molar-refractivity contribution in [2.45, 2.75) is 284 Å². The van der Waals surface area contributed by atoms with Crippen molar-refractivity contribution in [2.24, 2.45) is 0 Å². The number of aromatic nitrogens is 4. The van der Waals surface area contributed by atoms with Crippen molar-refractivity contribution in [3.05, 3.63) is 197 Å². The summed E-state index contributed by atoms with van der Waals surface area (Å²) in [6.45, 7) is 13.3. The molecule has 3 unspecified atom stereocenters. The van der Waals surface area contributed by atoms with E-state index in [1.807, 2.05) is 18.2 Å². The molecule has 5 atom stereocenters. The molecule has 6 spiro atoms. The van der Waals surface area contributed by atoms with Gasteiger partial charge in [0.05, 0.1) is 64.5 Å². The highest BCUT2D eigenvalue weighted by Gasteiger charge is 2.54. The van der Waals surface area contributed by atoms with Gasteiger partial charge in [-0.3, -0.25) is 78.1 Å². The molecule has 8 fully saturated rings. The fourth-order valence-electron chi connectivity index (χ4n) is 17.3. The lowest BCUT2D eigenvalue weighted by atomic mass is 9.69. The molecule has 7 saturated heterocycles. The molecule has 0 radical (unpaired) electrons. The first-order chi connectivity index (χ1) is 55.9. The van der Waals surface area contributed by atoms with E-state index in [0.29, 0.717) is 44.5 Å². The van der Waals surface area contributed by atoms with Crippen LogP contribution in [0.1, 0.15) is 234 Å². The molecule has 650 valence electrons. The minimum absolute atomic E-state index is 0. The van der Waals surface area contributed by atoms with Crippen LogP contribution in [0, 0.1) is 40.5 Å². The maximum absolute atomic E-state index is 12.1. The molecule has 0 aromatic carbocycles. The largest absolute Gasteiger partial charge is 0.534 e. The number of nitrogens with zero attached hydrogens (tertiary/aromatic N) is 7. The zero-order valence-corrected chi connectivity index (χ0v) is 67.8. The number of aromatic amines is 1. The topological polar surface area (TPSA) is 406 Å². The van der Waals surface area contributed by atoms with E-state index in [1.54, 1.807) is 18.6 Å². The first-order valence-corrected chi connectivity index (χ1v) is 41.9. The summed E-state index contributed by atoms with van der Waals surface area (Å²) in [6.07, 6.45) is 43.5. The van der Waals surface area contributed by atoms with Crippen molar-refractivity contribution in [1.82, 2.24) is 18.7 Å². The number of H-pyrrole nitrogens is 1. The maximum Gasteiger partial charge on any atom is 0.534 e. The fourth-order valence-corrected chi connectivity index (χ4v) is 17.8. The van der Waals surface area contributed by atoms with Crippen molar-refractivity contribution in [2.75, 3.05) is 39.6 Å². The summed E-state index contributed by atoms with van der Waals surface area (Å²) in [5, 5.41) is 42.4. The van der Waals surface area contributed by atoms with Gasteiger partial charge in [-0.2, -0.15) is 21.6 Å². The number of ether oxygens (including phenoxy) is 6. The number of carbonyl (C=O) groups is 1. The second kappa shape index (κ2) is 38.8. The van der Waals surface area contributed by atoms with Gasteiger partial charge in [0.15, 0.2) is 0 Å². The third kappa shape index (κ3) is 22.6. The molecule has 0 amide bonds. The Morgan fingerprint density at radius 2 is 0.739 bits per heavy atom. The molecule has 11 heterocycles. The smallest absolute Gasteiger partial charge is 0.400 e. The summed E-state index contributed by atoms with van der Waals surface area (Å²) in [7, 11) is -5.70. The number of Topliss-reactive ketones (excluding diaryl/α,β-unsaturated/α-hetero) is 1. The Labute approximate surface area is 687 Å². The summed E-state index contributed by atoms with van der Waals surface area (Å²) in [5.41, 5.74) is -6.24. The molecule has 0 bridgehead atoms. The van der Waals surface area contributed by atoms with Crippen molar-refractivity contribution in [3.8, 4) is 0 Å². The van der Waals surface area contributed by atoms with Gasteiger partial charge in [-0.25, -0.2) is 0 Å². The quantitative estimate of drug-likeness (QED) is 0.0506. The van der Waals surface area contributed by atoms with Crippen LogP contribution in [0.4, 0.5) is 35.9 Å². The average molecular weight is 1690 g/mol. The average Bonchev–Trinajstić information content (AvgIpc) is 1.59. The Morgan fingerprint density at radius 3 is 1.01 bits per heavy atom. The summed E-state index contributed by atoms with van der Waals surface area (Å²) in [5.74, 6) is 0.277. The number of hydrogen-bond donors (Lipinski definition) is 1. The minimum Gasteiger partial charge on any atom is -0.400 e. The van der Waals surface area contributed by atoms with Gasteiger partial charge < -0.3 is 46.9 Å². The third-order valence-electron chi connectivity index (χ3n) is 25.0. The minimum atomic E-state index is -5.54. The van der Waals surface area contributed by atoms with Crippen LogP contribution in [0.5, 0.6) is 0 Å². The lowest BCUT2D eigenvalue weighted by molar-refractivity contribution is -0.386. The lowest BCUT2D eigenvalue weighted by Gasteiger charge is -2.32. The molecule has 119 heavy (non-hydrogen) atoms. The van der Waals surface area contributed by atoms with Crippen LogP contribution in [-0.4, -0.2) is 150 Å². The lowest BCUT2D eigenvalue weighted by Crippen LogP contribution is -2.41. The van der Waals surface area contributed by atoms with Crippen LogP contribution in [0.25, 0.3) is 17.1 Å². The fraction of sp³-hybridized carbons (Fsp3) is 0.622. The summed E-state index contributed by atoms with van der Waals surface area (Å²) >= 11 is 0. The second-order valence-electron chi connectivity index (χ2n) is 33.1. The number of nitrogens with one attached hydrogen (secondary N) is 1. The highest BCUT2D eigenvalue weighted by Crippen LogP contribution is 2.47. The first-order valence-electron chi connectivity index (χ1n) is 40.5. The number of carbonyl (C=O) groups excluding carboxylic acids is 1. The molecular weight excluding hydrogens is 1580 g/mol. The number of alkyl halides is 3. The van der Waals surface area contributed by atoms with Gasteiger partial charge in [-0.15, -0.1) is 0 Å². The predicted octanol–water partition coefficient (Wildman–Crippen LogP) is 15.3. The number of nitro groups is 4. The molecule has 1 N–H and O–H groups in total. The number of allylic oxidation sites excluding steroid dienone is 5. The Kier molecular flexibility index (Phi) is 30.1. The van der Waals surface area contributed by atoms with Crippen molar-refractivity contribution < 1.29 is 88.0 Å². The molecule has 4 aromatic rings. The standard InChI is InChI=1S/C15H25BO3.3C14H16N2O4.C10H13F3O4S.C9H14O2.C5H4N2O3.CH4/c1-13(2)14(3,4)19-16(18-13)12-6-9-15(10-7-12)8-5-11-17-15;3*17-13-12(16(18)19)3-1-9-15(13)11-4-7-14(8-5-11)6-2-10-20-14;11-10(12,13)18(14,15)17-8-2-5-9(6-3-8)4-1-7-16-9;10-8-2-5-9(6-3-8)4-1-7-11-9;8-5-4(7(9)10)2-1-3-6-5;/h6H,5,7-11H2,1-4H3;3*1,3-4,9H,2,5-8,10H2;2H,1,3-7H2;1-7H2;1-3H,(H,6,8);1H4/t;2*14-;;;;;/m.10...../s1. The van der Waals surface area contributed by atoms with E-state index >= 15 is 0 Å². The van der Waals surface area contributed by atoms with Crippen molar-refractivity contribution in [3.63, 3.8) is 0 Å². The maximum atomic E-state index is 12.1. The van der Waals surface area contributed by atoms with Gasteiger partial charge in [0.25, 0.3) is 0 Å². The normalized spacial score (nSPS) is 26.8. The predicted molar refractivity (Wildman–Crippen MR) is 434 cm³/mol. The number of hydrogen-bond acceptors (Lipinski definition) is 24. The van der Waals surface area contributed by atoms with E-state index in [4.69, 9.17) is 37.7 Å². The Hall–Kier alpha value is -8.95. The number of pyridine rings is 4. The zero-order valence-electron chi connectivity index (χ0n) is 67.0. The van der Waals surface area contributed by atoms with Gasteiger partial charge in [0, 0.05) is 125 Å². The van der Waals surface area contributed by atoms with E-state index in [-0.39, 0.29) is 88.6 Å². The van der Waals surface area contributed by atoms with Gasteiger partial charge in [-0.05, 0) is 243 Å². The van der Waals surface area contributed by atoms with Crippen LogP contribution in [0.3, 0.4) is 0 Å². The molecule has 7 aliphatic heterocycles. The summed E-state index contributed by atoms with van der Waals surface area (Å²) in [6, 6.07) is 10.9. The molecule has 13 aliphatic rings. The molecule has 32 nitrogen and oxygen atoms in total. The summed E-state index contributed by atoms with van der Waals surface area (Å²) in [4.78, 5) is 99.7. The number of ketones is 1. The van der Waals surface area contributed by atoms with Crippen LogP contribution < -0.4 is 22.2 Å². The number of rotatable bonds is 10. The SMILES string of the molecule is C.CC1(C)OB(C2=CCC3(CCCO3)CC2)OC1(C)C.O=C1CCC2(CCCO2)CC1.O=S(=O)(OC1=CCC2(CCCO2)CC1)C(F)(F)F.O=c1[nH]cccc1[N+](=O)[O-].O=c1c([N+](=O)[O-])cccn1C1=CCC2(CCCO2)CC1.O=c1c([N+](=O)[O-])cccn1C1=CC[C@@]2(CCCO2)CC1.O=c1c([N+](=O)[O-])cccn1C1=CC[C@]2(CCCO2)CC1. The highest BCUT2D eigenvalue weighted by atomic mass is 32.2. The molecular formula is C82H108BF3N8O24S. The van der Waals surface area contributed by atoms with Crippen LogP contribution in [0.2, 0.25) is 0 Å². The second-order valence-corrected chi connectivity index (χ2v) is 34.6. The zero-order chi connectivity index (χ0) is 85.0. The van der Waals surface area contributed by atoms with E-state index < -0.39 is 63.2 Å². The van der Waals surface area contributed by atoms with Gasteiger partial charge in [-0.1, -0.05) is 31.7 Å². The summed E-state index contributed by atoms with van der Waals surface area (Å²) < 4.78 is 113. The van der Waals surface area contributed by atoms with E-state index in [1.165, 1.54) is 99.6 Å². The molecule has 17 rings (SSSR count). The van der Waals surface area contributed by atoms with E-state index in [0.717, 1.165) is 191 Å². The van der Waals surface area contributed by atoms with Crippen LogP contribution in [-0.2, 0) is 56.8 Å². The van der Waals surface area contributed by atoms with Crippen molar-refractivity contribution in [1.29, 1.82) is 0 Å². The van der Waals surface area contributed by atoms with Crippen LogP contribution >= 0.6 is 0 Å². The number of halogens is 3. The van der Waals surface area contributed by atoms with E-state index in [2.05, 4.69) is 42.9 Å². The first kappa shape index (κ1) is 92.3.